The zero-order valence-electron chi connectivity index (χ0n) is 8.20. The van der Waals surface area contributed by atoms with Gasteiger partial charge in [-0.2, -0.15) is 0 Å². The van der Waals surface area contributed by atoms with Crippen LogP contribution >= 0.6 is 11.6 Å². The molecule has 1 aromatic rings. The Bertz CT molecular complexity index is 247. The number of aryl methyl sites for hydroxylation is 1. The molecule has 0 N–H and O–H groups in total. The van der Waals surface area contributed by atoms with Crippen molar-refractivity contribution in [3.05, 3.63) is 11.9 Å². The van der Waals surface area contributed by atoms with E-state index in [-0.39, 0.29) is 0 Å². The Hall–Kier alpha value is -0.570. The fourth-order valence-electron chi connectivity index (χ4n) is 1.43. The number of rotatable bonds is 5. The third-order valence-corrected chi connectivity index (χ3v) is 2.50. The monoisotopic (exact) mass is 201 g/mol. The van der Waals surface area contributed by atoms with E-state index in [1.54, 1.807) is 4.68 Å². The average Bonchev–Trinajstić information content (AvgIpc) is 2.50. The number of nitrogens with zero attached hydrogens (tertiary/aromatic N) is 3. The van der Waals surface area contributed by atoms with Crippen molar-refractivity contribution in [1.29, 1.82) is 0 Å². The summed E-state index contributed by atoms with van der Waals surface area (Å²) < 4.78 is 1.73. The number of halogens is 1. The largest absolute Gasteiger partial charge is 0.255 e. The Morgan fingerprint density at radius 3 is 2.85 bits per heavy atom. The van der Waals surface area contributed by atoms with Crippen molar-refractivity contribution in [2.24, 2.45) is 13.0 Å². The highest BCUT2D eigenvalue weighted by Gasteiger charge is 2.09. The summed E-state index contributed by atoms with van der Waals surface area (Å²) >= 11 is 5.85. The molecule has 0 aliphatic rings. The van der Waals surface area contributed by atoms with Gasteiger partial charge in [-0.15, -0.1) is 16.7 Å². The lowest BCUT2D eigenvalue weighted by molar-refractivity contribution is 0.522. The molecule has 1 rings (SSSR count). The second-order valence-electron chi connectivity index (χ2n) is 3.40. The molecule has 0 spiro atoms. The Balaban J connectivity index is 2.46. The highest BCUT2D eigenvalue weighted by Crippen LogP contribution is 2.13. The van der Waals surface area contributed by atoms with Gasteiger partial charge in [0.2, 0.25) is 0 Å². The summed E-state index contributed by atoms with van der Waals surface area (Å²) in [6.07, 6.45) is 5.25. The van der Waals surface area contributed by atoms with E-state index in [9.17, 15) is 0 Å². The quantitative estimate of drug-likeness (QED) is 0.683. The van der Waals surface area contributed by atoms with E-state index >= 15 is 0 Å². The number of hydrogen-bond acceptors (Lipinski definition) is 2. The first-order valence-electron chi connectivity index (χ1n) is 4.67. The number of aromatic nitrogens is 3. The van der Waals surface area contributed by atoms with Crippen molar-refractivity contribution < 1.29 is 0 Å². The maximum absolute atomic E-state index is 5.85. The van der Waals surface area contributed by atoms with Gasteiger partial charge in [0.05, 0.1) is 5.69 Å². The van der Waals surface area contributed by atoms with E-state index in [0.29, 0.717) is 11.8 Å². The number of alkyl halides is 1. The highest BCUT2D eigenvalue weighted by molar-refractivity contribution is 6.18. The van der Waals surface area contributed by atoms with Gasteiger partial charge in [-0.3, -0.25) is 4.68 Å². The van der Waals surface area contributed by atoms with E-state index in [4.69, 9.17) is 11.6 Å². The minimum atomic E-state index is 0.545. The van der Waals surface area contributed by atoms with Gasteiger partial charge in [-0.1, -0.05) is 18.6 Å². The van der Waals surface area contributed by atoms with Crippen LogP contribution < -0.4 is 0 Å². The van der Waals surface area contributed by atoms with Gasteiger partial charge >= 0.3 is 0 Å². The van der Waals surface area contributed by atoms with Crippen LogP contribution in [0.25, 0.3) is 0 Å². The normalized spacial score (nSPS) is 13.2. The SMILES string of the molecule is CCCC(CCl)Cc1cn(C)nn1. The van der Waals surface area contributed by atoms with E-state index in [2.05, 4.69) is 17.2 Å². The predicted molar refractivity (Wildman–Crippen MR) is 53.8 cm³/mol. The van der Waals surface area contributed by atoms with Crippen LogP contribution in [0.2, 0.25) is 0 Å². The van der Waals surface area contributed by atoms with Gasteiger partial charge in [0, 0.05) is 19.1 Å². The second kappa shape index (κ2) is 5.22. The molecule has 0 aliphatic carbocycles. The van der Waals surface area contributed by atoms with Crippen LogP contribution in [-0.2, 0) is 13.5 Å². The zero-order valence-corrected chi connectivity index (χ0v) is 8.96. The Labute approximate surface area is 84.1 Å². The van der Waals surface area contributed by atoms with Gasteiger partial charge in [0.25, 0.3) is 0 Å². The van der Waals surface area contributed by atoms with Crippen molar-refractivity contribution in [3.63, 3.8) is 0 Å². The maximum atomic E-state index is 5.85. The summed E-state index contributed by atoms with van der Waals surface area (Å²) in [5, 5.41) is 7.93. The molecule has 0 radical (unpaired) electrons. The van der Waals surface area contributed by atoms with Crippen LogP contribution in [0, 0.1) is 5.92 Å². The molecule has 1 unspecified atom stereocenters. The van der Waals surface area contributed by atoms with Gasteiger partial charge < -0.3 is 0 Å². The Morgan fingerprint density at radius 1 is 1.62 bits per heavy atom. The fourth-order valence-corrected chi connectivity index (χ4v) is 1.69. The number of hydrogen-bond donors (Lipinski definition) is 0. The molecule has 74 valence electrons. The molecule has 0 saturated carbocycles. The molecule has 0 fully saturated rings. The third-order valence-electron chi connectivity index (χ3n) is 2.06. The van der Waals surface area contributed by atoms with Crippen molar-refractivity contribution in [2.75, 3.05) is 5.88 Å². The molecule has 13 heavy (non-hydrogen) atoms. The zero-order chi connectivity index (χ0) is 9.68. The molecule has 1 aromatic heterocycles. The molecular formula is C9H16ClN3. The molecule has 0 bridgehead atoms. The summed E-state index contributed by atoms with van der Waals surface area (Å²) in [6.45, 7) is 2.18. The molecule has 0 amide bonds. The van der Waals surface area contributed by atoms with Crippen LogP contribution in [0.3, 0.4) is 0 Å². The van der Waals surface area contributed by atoms with Gasteiger partial charge in [0.1, 0.15) is 0 Å². The lowest BCUT2D eigenvalue weighted by Gasteiger charge is -2.09. The van der Waals surface area contributed by atoms with Crippen molar-refractivity contribution in [3.8, 4) is 0 Å². The first-order chi connectivity index (χ1) is 6.26. The molecule has 0 aliphatic heterocycles. The summed E-state index contributed by atoms with van der Waals surface area (Å²) in [6, 6.07) is 0. The highest BCUT2D eigenvalue weighted by atomic mass is 35.5. The Kier molecular flexibility index (Phi) is 4.22. The molecular weight excluding hydrogens is 186 g/mol. The van der Waals surface area contributed by atoms with Crippen LogP contribution in [-0.4, -0.2) is 20.9 Å². The topological polar surface area (TPSA) is 30.7 Å². The van der Waals surface area contributed by atoms with Crippen molar-refractivity contribution >= 4 is 11.6 Å². The van der Waals surface area contributed by atoms with Crippen molar-refractivity contribution in [1.82, 2.24) is 15.0 Å². The lowest BCUT2D eigenvalue weighted by Crippen LogP contribution is -2.06. The van der Waals surface area contributed by atoms with Crippen LogP contribution in [0.1, 0.15) is 25.5 Å². The van der Waals surface area contributed by atoms with Crippen LogP contribution in [0.15, 0.2) is 6.20 Å². The predicted octanol–water partition coefficient (Wildman–Crippen LogP) is 2.01. The fraction of sp³-hybridized carbons (Fsp3) is 0.778. The maximum Gasteiger partial charge on any atom is 0.0830 e. The third kappa shape index (κ3) is 3.35. The molecule has 0 saturated heterocycles. The van der Waals surface area contributed by atoms with Crippen LogP contribution in [0.4, 0.5) is 0 Å². The van der Waals surface area contributed by atoms with Gasteiger partial charge in [-0.25, -0.2) is 0 Å². The average molecular weight is 202 g/mol. The van der Waals surface area contributed by atoms with Crippen LogP contribution in [0.5, 0.6) is 0 Å². The molecule has 1 atom stereocenters. The minimum Gasteiger partial charge on any atom is -0.255 e. The summed E-state index contributed by atoms with van der Waals surface area (Å²) in [5.41, 5.74) is 1.04. The summed E-state index contributed by atoms with van der Waals surface area (Å²) in [5.74, 6) is 1.26. The molecule has 4 heteroatoms. The smallest absolute Gasteiger partial charge is 0.0830 e. The van der Waals surface area contributed by atoms with E-state index in [0.717, 1.165) is 12.1 Å². The van der Waals surface area contributed by atoms with E-state index < -0.39 is 0 Å². The summed E-state index contributed by atoms with van der Waals surface area (Å²) in [7, 11) is 1.88. The van der Waals surface area contributed by atoms with Gasteiger partial charge in [0.15, 0.2) is 0 Å². The van der Waals surface area contributed by atoms with Crippen molar-refractivity contribution in [2.45, 2.75) is 26.2 Å². The Morgan fingerprint density at radius 2 is 2.38 bits per heavy atom. The standard InChI is InChI=1S/C9H16ClN3/c1-3-4-8(6-10)5-9-7-13(2)12-11-9/h7-8H,3-6H2,1-2H3. The second-order valence-corrected chi connectivity index (χ2v) is 3.71. The van der Waals surface area contributed by atoms with Gasteiger partial charge in [-0.05, 0) is 18.8 Å². The molecule has 0 aromatic carbocycles. The first kappa shape index (κ1) is 10.5. The van der Waals surface area contributed by atoms with E-state index in [1.165, 1.54) is 12.8 Å². The molecule has 3 nitrogen and oxygen atoms in total. The van der Waals surface area contributed by atoms with E-state index in [1.807, 2.05) is 13.2 Å². The first-order valence-corrected chi connectivity index (χ1v) is 5.20. The summed E-state index contributed by atoms with van der Waals surface area (Å²) in [4.78, 5) is 0. The molecule has 1 heterocycles. The minimum absolute atomic E-state index is 0.545. The lowest BCUT2D eigenvalue weighted by atomic mass is 10.0.